The number of aliphatic imine (C=N–C) groups is 1. The summed E-state index contributed by atoms with van der Waals surface area (Å²) in [5, 5.41) is 6.80. The number of ether oxygens (including phenoxy) is 1. The van der Waals surface area contributed by atoms with E-state index in [9.17, 15) is 0 Å². The number of benzene rings is 1. The molecule has 2 N–H and O–H groups in total. The number of para-hydroxylation sites is 1. The lowest BCUT2D eigenvalue weighted by Gasteiger charge is -2.20. The van der Waals surface area contributed by atoms with Gasteiger partial charge in [0.15, 0.2) is 5.96 Å². The summed E-state index contributed by atoms with van der Waals surface area (Å²) in [6.45, 7) is 2.80. The molecule has 1 saturated carbocycles. The van der Waals surface area contributed by atoms with Gasteiger partial charge in [0.05, 0.1) is 6.54 Å². The molecule has 1 fully saturated rings. The zero-order chi connectivity index (χ0) is 14.2. The summed E-state index contributed by atoms with van der Waals surface area (Å²) >= 11 is 0. The van der Waals surface area contributed by atoms with Gasteiger partial charge in [-0.2, -0.15) is 0 Å². The number of hydrogen-bond acceptors (Lipinski definition) is 2. The monoisotopic (exact) mass is 403 g/mol. The molecular formula is C16H26IN3O. The molecule has 0 saturated heterocycles. The van der Waals surface area contributed by atoms with E-state index in [1.165, 1.54) is 25.7 Å². The molecule has 1 aromatic rings. The highest BCUT2D eigenvalue weighted by Gasteiger charge is 2.16. The molecule has 0 aliphatic heterocycles. The van der Waals surface area contributed by atoms with Gasteiger partial charge in [-0.15, -0.1) is 24.0 Å². The Morgan fingerprint density at radius 1 is 1.29 bits per heavy atom. The van der Waals surface area contributed by atoms with Crippen molar-refractivity contribution in [3.05, 3.63) is 30.3 Å². The summed E-state index contributed by atoms with van der Waals surface area (Å²) in [7, 11) is 1.81. The molecule has 2 rings (SSSR count). The van der Waals surface area contributed by atoms with Crippen LogP contribution in [0.1, 0.15) is 32.6 Å². The lowest BCUT2D eigenvalue weighted by Crippen LogP contribution is -2.45. The second-order valence-electron chi connectivity index (χ2n) is 5.32. The molecule has 0 radical (unpaired) electrons. The number of nitrogens with zero attached hydrogens (tertiary/aromatic N) is 1. The quantitative estimate of drug-likeness (QED) is 0.451. The minimum absolute atomic E-state index is 0. The van der Waals surface area contributed by atoms with Crippen molar-refractivity contribution < 1.29 is 4.74 Å². The number of rotatable bonds is 5. The van der Waals surface area contributed by atoms with Gasteiger partial charge in [0.2, 0.25) is 0 Å². The van der Waals surface area contributed by atoms with Gasteiger partial charge < -0.3 is 15.4 Å². The molecule has 1 aromatic carbocycles. The van der Waals surface area contributed by atoms with E-state index < -0.39 is 0 Å². The number of nitrogens with one attached hydrogen (secondary N) is 2. The zero-order valence-corrected chi connectivity index (χ0v) is 15.2. The van der Waals surface area contributed by atoms with Crippen LogP contribution in [-0.4, -0.2) is 31.7 Å². The van der Waals surface area contributed by atoms with Gasteiger partial charge in [0.25, 0.3) is 0 Å². The Kier molecular flexibility index (Phi) is 8.49. The average molecular weight is 403 g/mol. The van der Waals surface area contributed by atoms with Crippen molar-refractivity contribution in [2.24, 2.45) is 4.99 Å². The lowest BCUT2D eigenvalue weighted by atomic mass is 10.2. The van der Waals surface area contributed by atoms with Crippen molar-refractivity contribution in [2.75, 3.05) is 13.6 Å². The molecule has 1 aliphatic carbocycles. The van der Waals surface area contributed by atoms with Crippen molar-refractivity contribution in [2.45, 2.75) is 44.8 Å². The Morgan fingerprint density at radius 2 is 1.95 bits per heavy atom. The van der Waals surface area contributed by atoms with Crippen molar-refractivity contribution in [3.8, 4) is 5.75 Å². The Morgan fingerprint density at radius 3 is 2.57 bits per heavy atom. The van der Waals surface area contributed by atoms with E-state index in [-0.39, 0.29) is 30.1 Å². The van der Waals surface area contributed by atoms with E-state index in [1.807, 2.05) is 37.4 Å². The van der Waals surface area contributed by atoms with Crippen LogP contribution in [-0.2, 0) is 0 Å². The topological polar surface area (TPSA) is 45.7 Å². The molecule has 0 heterocycles. The first kappa shape index (κ1) is 18.1. The summed E-state index contributed by atoms with van der Waals surface area (Å²) in [5.41, 5.74) is 0. The van der Waals surface area contributed by atoms with Gasteiger partial charge in [-0.25, -0.2) is 0 Å². The Hall–Kier alpha value is -0.980. The van der Waals surface area contributed by atoms with Crippen molar-refractivity contribution >= 4 is 29.9 Å². The van der Waals surface area contributed by atoms with Crippen LogP contribution in [0, 0.1) is 0 Å². The van der Waals surface area contributed by atoms with E-state index in [0.717, 1.165) is 18.3 Å². The maximum atomic E-state index is 5.83. The number of guanidine groups is 1. The standard InChI is InChI=1S/C16H25N3O.HI/c1-13(20-15-10-4-3-5-11-15)12-18-16(17-2)19-14-8-6-7-9-14;/h3-5,10-11,13-14H,6-9,12H2,1-2H3,(H2,17,18,19);1H. The second kappa shape index (κ2) is 9.87. The van der Waals surface area contributed by atoms with Crippen LogP contribution >= 0.6 is 24.0 Å². The van der Waals surface area contributed by atoms with E-state index in [1.54, 1.807) is 0 Å². The van der Waals surface area contributed by atoms with Gasteiger partial charge in [0.1, 0.15) is 11.9 Å². The van der Waals surface area contributed by atoms with Gasteiger partial charge in [-0.3, -0.25) is 4.99 Å². The molecule has 21 heavy (non-hydrogen) atoms. The molecule has 1 atom stereocenters. The SMILES string of the molecule is CN=C(NCC(C)Oc1ccccc1)NC1CCCC1.I. The fourth-order valence-corrected chi connectivity index (χ4v) is 2.47. The molecular weight excluding hydrogens is 377 g/mol. The normalized spacial score (nSPS) is 17.0. The summed E-state index contributed by atoms with van der Waals surface area (Å²) in [5.74, 6) is 1.78. The predicted octanol–water partition coefficient (Wildman–Crippen LogP) is 3.18. The highest BCUT2D eigenvalue weighted by atomic mass is 127. The second-order valence-corrected chi connectivity index (χ2v) is 5.32. The Bertz CT molecular complexity index is 419. The summed E-state index contributed by atoms with van der Waals surface area (Å²) in [6.07, 6.45) is 5.23. The van der Waals surface area contributed by atoms with E-state index in [4.69, 9.17) is 4.74 Å². The molecule has 1 unspecified atom stereocenters. The van der Waals surface area contributed by atoms with Crippen LogP contribution in [0.25, 0.3) is 0 Å². The third-order valence-electron chi connectivity index (χ3n) is 3.56. The molecule has 4 nitrogen and oxygen atoms in total. The van der Waals surface area contributed by atoms with E-state index >= 15 is 0 Å². The first-order valence-electron chi connectivity index (χ1n) is 7.47. The molecule has 0 spiro atoms. The van der Waals surface area contributed by atoms with Gasteiger partial charge in [0, 0.05) is 13.1 Å². The lowest BCUT2D eigenvalue weighted by molar-refractivity contribution is 0.223. The summed E-state index contributed by atoms with van der Waals surface area (Å²) < 4.78 is 5.83. The van der Waals surface area contributed by atoms with Crippen molar-refractivity contribution in [1.82, 2.24) is 10.6 Å². The van der Waals surface area contributed by atoms with Crippen LogP contribution in [0.5, 0.6) is 5.75 Å². The average Bonchev–Trinajstić information content (AvgIpc) is 2.97. The maximum Gasteiger partial charge on any atom is 0.191 e. The molecule has 0 aromatic heterocycles. The number of halogens is 1. The third-order valence-corrected chi connectivity index (χ3v) is 3.56. The summed E-state index contributed by atoms with van der Waals surface area (Å²) in [4.78, 5) is 4.27. The first-order valence-corrected chi connectivity index (χ1v) is 7.47. The molecule has 5 heteroatoms. The molecule has 1 aliphatic rings. The minimum atomic E-state index is 0. The fraction of sp³-hybridized carbons (Fsp3) is 0.562. The Labute approximate surface area is 144 Å². The summed E-state index contributed by atoms with van der Waals surface area (Å²) in [6, 6.07) is 10.5. The molecule has 118 valence electrons. The highest BCUT2D eigenvalue weighted by Crippen LogP contribution is 2.17. The van der Waals surface area contributed by atoms with E-state index in [2.05, 4.69) is 22.5 Å². The molecule has 0 amide bonds. The largest absolute Gasteiger partial charge is 0.489 e. The molecule has 0 bridgehead atoms. The van der Waals surface area contributed by atoms with Gasteiger partial charge in [-0.1, -0.05) is 31.0 Å². The van der Waals surface area contributed by atoms with Crippen LogP contribution in [0.4, 0.5) is 0 Å². The smallest absolute Gasteiger partial charge is 0.191 e. The van der Waals surface area contributed by atoms with Gasteiger partial charge in [-0.05, 0) is 31.9 Å². The minimum Gasteiger partial charge on any atom is -0.489 e. The first-order chi connectivity index (χ1) is 9.78. The van der Waals surface area contributed by atoms with Crippen LogP contribution in [0.2, 0.25) is 0 Å². The van der Waals surface area contributed by atoms with Crippen LogP contribution in [0.15, 0.2) is 35.3 Å². The predicted molar refractivity (Wildman–Crippen MR) is 98.7 cm³/mol. The van der Waals surface area contributed by atoms with Crippen LogP contribution in [0.3, 0.4) is 0 Å². The maximum absolute atomic E-state index is 5.83. The highest BCUT2D eigenvalue weighted by molar-refractivity contribution is 14.0. The van der Waals surface area contributed by atoms with Crippen molar-refractivity contribution in [1.29, 1.82) is 0 Å². The third kappa shape index (κ3) is 6.54. The number of hydrogen-bond donors (Lipinski definition) is 2. The van der Waals surface area contributed by atoms with Crippen LogP contribution < -0.4 is 15.4 Å². The van der Waals surface area contributed by atoms with Crippen molar-refractivity contribution in [3.63, 3.8) is 0 Å². The fourth-order valence-electron chi connectivity index (χ4n) is 2.47. The van der Waals surface area contributed by atoms with E-state index in [0.29, 0.717) is 6.04 Å². The zero-order valence-electron chi connectivity index (χ0n) is 12.8. The van der Waals surface area contributed by atoms with Gasteiger partial charge >= 0.3 is 0 Å². The Balaban J connectivity index is 0.00000220.